The largest absolute Gasteiger partial charge is 0.379 e. The highest BCUT2D eigenvalue weighted by atomic mass is 19.3. The number of imidazole rings is 1. The molecule has 2 saturated heterocycles. The lowest BCUT2D eigenvalue weighted by molar-refractivity contribution is -0.0445. The highest BCUT2D eigenvalue weighted by Crippen LogP contribution is 2.35. The molecule has 4 heterocycles. The Labute approximate surface area is 240 Å². The van der Waals surface area contributed by atoms with Crippen molar-refractivity contribution < 1.29 is 18.3 Å². The van der Waals surface area contributed by atoms with Crippen molar-refractivity contribution in [2.45, 2.75) is 63.5 Å². The number of hydrogen-bond donors (Lipinski definition) is 1. The second-order valence-electron chi connectivity index (χ2n) is 11.9. The summed E-state index contributed by atoms with van der Waals surface area (Å²) in [4.78, 5) is 18.5. The van der Waals surface area contributed by atoms with Crippen molar-refractivity contribution in [2.75, 3.05) is 63.3 Å². The van der Waals surface area contributed by atoms with E-state index in [-0.39, 0.29) is 11.4 Å². The number of methoxy groups -OCH3 is 1. The summed E-state index contributed by atoms with van der Waals surface area (Å²) >= 11 is 0. The predicted molar refractivity (Wildman–Crippen MR) is 155 cm³/mol. The maximum absolute atomic E-state index is 14.1. The number of fused-ring (bicyclic) bond motifs is 1. The fourth-order valence-corrected chi connectivity index (χ4v) is 6.52. The van der Waals surface area contributed by atoms with Crippen molar-refractivity contribution in [3.05, 3.63) is 36.2 Å². The molecule has 9 nitrogen and oxygen atoms in total. The van der Waals surface area contributed by atoms with Gasteiger partial charge in [-0.2, -0.15) is 9.97 Å². The van der Waals surface area contributed by atoms with Crippen LogP contribution in [0.4, 0.5) is 20.5 Å². The van der Waals surface area contributed by atoms with E-state index in [0.29, 0.717) is 66.9 Å². The van der Waals surface area contributed by atoms with E-state index in [0.717, 1.165) is 45.3 Å². The quantitative estimate of drug-likeness (QED) is 0.403. The molecule has 1 aliphatic carbocycles. The molecule has 1 N–H and O–H groups in total. The molecule has 0 radical (unpaired) electrons. The topological polar surface area (TPSA) is 80.6 Å². The first-order valence-corrected chi connectivity index (χ1v) is 14.9. The molecule has 6 rings (SSSR count). The SMILES string of the molecule is COC1(C)CCC(N2CCC(CNc3cc(-n4c(C(F)F)nc5ccccc54)nc(N4CCOCC4)n3)CC2)CC1. The van der Waals surface area contributed by atoms with Gasteiger partial charge in [0.05, 0.1) is 29.8 Å². The Morgan fingerprint density at radius 2 is 1.76 bits per heavy atom. The number of nitrogens with one attached hydrogen (secondary N) is 1. The van der Waals surface area contributed by atoms with Crippen LogP contribution in [0.15, 0.2) is 30.3 Å². The smallest absolute Gasteiger partial charge is 0.296 e. The summed E-state index contributed by atoms with van der Waals surface area (Å²) in [6.07, 6.45) is 4.16. The molecule has 41 heavy (non-hydrogen) atoms. The summed E-state index contributed by atoms with van der Waals surface area (Å²) in [6, 6.07) is 9.60. The fourth-order valence-electron chi connectivity index (χ4n) is 6.52. The van der Waals surface area contributed by atoms with Gasteiger partial charge in [0.15, 0.2) is 5.82 Å². The van der Waals surface area contributed by atoms with E-state index < -0.39 is 6.43 Å². The molecular weight excluding hydrogens is 528 g/mol. The van der Waals surface area contributed by atoms with Crippen LogP contribution in [0.3, 0.4) is 0 Å². The van der Waals surface area contributed by atoms with Crippen LogP contribution in [0.5, 0.6) is 0 Å². The molecule has 0 unspecified atom stereocenters. The summed E-state index contributed by atoms with van der Waals surface area (Å²) in [5, 5.41) is 3.54. The number of ether oxygens (including phenoxy) is 2. The van der Waals surface area contributed by atoms with E-state index in [1.165, 1.54) is 17.4 Å². The number of anilines is 2. The minimum Gasteiger partial charge on any atom is -0.379 e. The first-order valence-electron chi connectivity index (χ1n) is 14.9. The van der Waals surface area contributed by atoms with Gasteiger partial charge in [0.1, 0.15) is 11.6 Å². The normalized spacial score (nSPS) is 24.8. The van der Waals surface area contributed by atoms with Gasteiger partial charge in [-0.05, 0) is 76.6 Å². The number of hydrogen-bond acceptors (Lipinski definition) is 8. The van der Waals surface area contributed by atoms with Crippen LogP contribution in [0, 0.1) is 5.92 Å². The molecule has 0 bridgehead atoms. The lowest BCUT2D eigenvalue weighted by Crippen LogP contribution is -2.46. The number of nitrogens with zero attached hydrogens (tertiary/aromatic N) is 6. The molecular formula is C30H41F2N7O2. The molecule has 1 saturated carbocycles. The van der Waals surface area contributed by atoms with Crippen molar-refractivity contribution in [3.63, 3.8) is 0 Å². The van der Waals surface area contributed by atoms with Crippen LogP contribution in [0.2, 0.25) is 0 Å². The maximum atomic E-state index is 14.1. The Morgan fingerprint density at radius 3 is 2.46 bits per heavy atom. The fraction of sp³-hybridized carbons (Fsp3) is 0.633. The molecule has 3 aromatic rings. The van der Waals surface area contributed by atoms with Crippen LogP contribution in [-0.4, -0.2) is 89.1 Å². The third-order valence-electron chi connectivity index (χ3n) is 9.25. The van der Waals surface area contributed by atoms with Crippen LogP contribution < -0.4 is 10.2 Å². The summed E-state index contributed by atoms with van der Waals surface area (Å²) in [5.74, 6) is 1.76. The number of halogens is 2. The average molecular weight is 570 g/mol. The molecule has 3 aliphatic rings. The molecule has 0 amide bonds. The summed E-state index contributed by atoms with van der Waals surface area (Å²) < 4.78 is 41.0. The molecule has 2 aliphatic heterocycles. The summed E-state index contributed by atoms with van der Waals surface area (Å²) in [5.41, 5.74) is 1.15. The van der Waals surface area contributed by atoms with Crippen molar-refractivity contribution in [1.82, 2.24) is 24.4 Å². The number of rotatable bonds is 8. The molecule has 0 spiro atoms. The van der Waals surface area contributed by atoms with E-state index in [4.69, 9.17) is 19.4 Å². The van der Waals surface area contributed by atoms with Crippen molar-refractivity contribution in [2.24, 2.45) is 5.92 Å². The lowest BCUT2D eigenvalue weighted by Gasteiger charge is -2.43. The second-order valence-corrected chi connectivity index (χ2v) is 11.9. The van der Waals surface area contributed by atoms with Gasteiger partial charge in [0.25, 0.3) is 6.43 Å². The number of likely N-dealkylation sites (tertiary alicyclic amines) is 1. The molecule has 222 valence electrons. The lowest BCUT2D eigenvalue weighted by atomic mass is 9.82. The Morgan fingerprint density at radius 1 is 1.02 bits per heavy atom. The Bertz CT molecular complexity index is 1310. The Hall–Kier alpha value is -2.89. The van der Waals surface area contributed by atoms with Gasteiger partial charge < -0.3 is 24.6 Å². The molecule has 0 atom stereocenters. The molecule has 2 aromatic heterocycles. The highest BCUT2D eigenvalue weighted by molar-refractivity contribution is 5.78. The molecule has 1 aromatic carbocycles. The van der Waals surface area contributed by atoms with Crippen molar-refractivity contribution in [1.29, 1.82) is 0 Å². The third-order valence-corrected chi connectivity index (χ3v) is 9.25. The Kier molecular flexibility index (Phi) is 8.37. The third kappa shape index (κ3) is 6.17. The average Bonchev–Trinajstić information content (AvgIpc) is 3.41. The van der Waals surface area contributed by atoms with Crippen molar-refractivity contribution >= 4 is 22.8 Å². The molecule has 3 fully saturated rings. The second kappa shape index (κ2) is 12.1. The summed E-state index contributed by atoms with van der Waals surface area (Å²) in [6.45, 7) is 7.69. The number of morpholine rings is 1. The predicted octanol–water partition coefficient (Wildman–Crippen LogP) is 5.06. The van der Waals surface area contributed by atoms with E-state index in [9.17, 15) is 8.78 Å². The number of alkyl halides is 2. The van der Waals surface area contributed by atoms with Crippen LogP contribution >= 0.6 is 0 Å². The van der Waals surface area contributed by atoms with E-state index in [1.807, 2.05) is 13.2 Å². The highest BCUT2D eigenvalue weighted by Gasteiger charge is 2.34. The van der Waals surface area contributed by atoms with Gasteiger partial charge in [0.2, 0.25) is 5.95 Å². The zero-order valence-electron chi connectivity index (χ0n) is 24.1. The zero-order chi connectivity index (χ0) is 28.4. The minimum absolute atomic E-state index is 0.0360. The van der Waals surface area contributed by atoms with E-state index in [1.54, 1.807) is 24.3 Å². The first kappa shape index (κ1) is 28.2. The van der Waals surface area contributed by atoms with Gasteiger partial charge in [0, 0.05) is 38.9 Å². The van der Waals surface area contributed by atoms with Gasteiger partial charge in [-0.25, -0.2) is 13.8 Å². The number of aromatic nitrogens is 4. The molecule has 11 heteroatoms. The van der Waals surface area contributed by atoms with E-state index >= 15 is 0 Å². The monoisotopic (exact) mass is 569 g/mol. The summed E-state index contributed by atoms with van der Waals surface area (Å²) in [7, 11) is 1.83. The van der Waals surface area contributed by atoms with Crippen LogP contribution in [0.25, 0.3) is 16.9 Å². The van der Waals surface area contributed by atoms with E-state index in [2.05, 4.69) is 27.0 Å². The van der Waals surface area contributed by atoms with Gasteiger partial charge in [-0.3, -0.25) is 4.57 Å². The van der Waals surface area contributed by atoms with Crippen LogP contribution in [-0.2, 0) is 9.47 Å². The van der Waals surface area contributed by atoms with Gasteiger partial charge in [-0.1, -0.05) is 12.1 Å². The minimum atomic E-state index is -2.74. The zero-order valence-corrected chi connectivity index (χ0v) is 24.1. The Balaban J connectivity index is 1.18. The first-order chi connectivity index (χ1) is 19.9. The van der Waals surface area contributed by atoms with Crippen molar-refractivity contribution in [3.8, 4) is 5.82 Å². The van der Waals surface area contributed by atoms with Crippen LogP contribution in [0.1, 0.15) is 57.7 Å². The standard InChI is InChI=1S/C30H41F2N7O2/c1-30(40-2)11-7-22(8-12-30)37-13-9-21(10-14-37)20-33-25-19-26(36-29(35-25)38-15-17-41-18-16-38)39-24-6-4-3-5-23(24)34-28(39)27(31)32/h3-6,19,21-22,27H,7-18,20H2,1-2H3,(H,33,35,36). The van der Waals surface area contributed by atoms with Gasteiger partial charge >= 0.3 is 0 Å². The van der Waals surface area contributed by atoms with Gasteiger partial charge in [-0.15, -0.1) is 0 Å². The number of benzene rings is 1. The number of piperidine rings is 1. The number of para-hydroxylation sites is 2. The maximum Gasteiger partial charge on any atom is 0.296 e.